The van der Waals surface area contributed by atoms with E-state index in [4.69, 9.17) is 4.74 Å². The lowest BCUT2D eigenvalue weighted by Gasteiger charge is -2.03. The minimum absolute atomic E-state index is 0.0126. The van der Waals surface area contributed by atoms with Gasteiger partial charge in [-0.3, -0.25) is 4.79 Å². The van der Waals surface area contributed by atoms with Gasteiger partial charge in [-0.1, -0.05) is 30.3 Å². The summed E-state index contributed by atoms with van der Waals surface area (Å²) >= 11 is 0. The van der Waals surface area contributed by atoms with Crippen LogP contribution in [0, 0.1) is 0 Å². The van der Waals surface area contributed by atoms with E-state index in [-0.39, 0.29) is 5.76 Å². The first kappa shape index (κ1) is 12.0. The summed E-state index contributed by atoms with van der Waals surface area (Å²) in [6, 6.07) is 9.13. The Morgan fingerprint density at radius 3 is 2.31 bits per heavy atom. The Bertz CT molecular complexity index is 406. The number of carbonyl (C=O) groups excluding carboxylic acids is 2. The maximum atomic E-state index is 11.4. The van der Waals surface area contributed by atoms with Gasteiger partial charge in [-0.15, -0.1) is 0 Å². The van der Waals surface area contributed by atoms with Crippen LogP contribution in [0.1, 0.15) is 12.5 Å². The average molecular weight is 220 g/mol. The highest BCUT2D eigenvalue weighted by molar-refractivity contribution is 5.97. The van der Waals surface area contributed by atoms with Crippen molar-refractivity contribution in [2.45, 2.75) is 6.92 Å². The number of hydrogen-bond donors (Lipinski definition) is 0. The number of benzene rings is 1. The fourth-order valence-electron chi connectivity index (χ4n) is 1.08. The number of ether oxygens (including phenoxy) is 2. The van der Waals surface area contributed by atoms with Crippen molar-refractivity contribution in [3.63, 3.8) is 0 Å². The molecule has 0 aliphatic heterocycles. The van der Waals surface area contributed by atoms with Gasteiger partial charge in [-0.2, -0.15) is 0 Å². The lowest BCUT2D eigenvalue weighted by Crippen LogP contribution is -2.12. The summed E-state index contributed by atoms with van der Waals surface area (Å²) in [5, 5.41) is 0. The summed E-state index contributed by atoms with van der Waals surface area (Å²) in [4.78, 5) is 22.0. The molecule has 0 aromatic heterocycles. The Morgan fingerprint density at radius 2 is 1.81 bits per heavy atom. The van der Waals surface area contributed by atoms with Gasteiger partial charge in [-0.05, 0) is 11.6 Å². The van der Waals surface area contributed by atoms with Gasteiger partial charge in [-0.25, -0.2) is 4.79 Å². The Labute approximate surface area is 93.5 Å². The first-order valence-electron chi connectivity index (χ1n) is 4.67. The van der Waals surface area contributed by atoms with Gasteiger partial charge in [0.2, 0.25) is 5.76 Å². The van der Waals surface area contributed by atoms with Crippen LogP contribution in [-0.4, -0.2) is 19.0 Å². The summed E-state index contributed by atoms with van der Waals surface area (Å²) in [5.41, 5.74) is 0.792. The van der Waals surface area contributed by atoms with E-state index in [9.17, 15) is 9.59 Å². The highest BCUT2D eigenvalue weighted by atomic mass is 16.6. The second kappa shape index (κ2) is 5.70. The average Bonchev–Trinajstić information content (AvgIpc) is 2.26. The summed E-state index contributed by atoms with van der Waals surface area (Å²) in [6.45, 7) is 1.16. The third kappa shape index (κ3) is 3.57. The Kier molecular flexibility index (Phi) is 4.27. The van der Waals surface area contributed by atoms with Crippen molar-refractivity contribution in [3.8, 4) is 0 Å². The molecule has 0 aliphatic rings. The summed E-state index contributed by atoms with van der Waals surface area (Å²) < 4.78 is 9.26. The molecule has 0 saturated carbocycles. The third-order valence-corrected chi connectivity index (χ3v) is 1.75. The van der Waals surface area contributed by atoms with Crippen LogP contribution < -0.4 is 0 Å². The van der Waals surface area contributed by atoms with Crippen LogP contribution in [0.4, 0.5) is 0 Å². The van der Waals surface area contributed by atoms with E-state index in [1.165, 1.54) is 13.2 Å². The fourth-order valence-corrected chi connectivity index (χ4v) is 1.08. The SMILES string of the molecule is COC(=Cc1ccccc1)C(=O)OC(C)=O. The highest BCUT2D eigenvalue weighted by Crippen LogP contribution is 2.08. The van der Waals surface area contributed by atoms with E-state index in [0.29, 0.717) is 0 Å². The molecule has 0 radical (unpaired) electrons. The van der Waals surface area contributed by atoms with Crippen molar-refractivity contribution in [2.75, 3.05) is 7.11 Å². The molecule has 0 heterocycles. The first-order chi connectivity index (χ1) is 7.63. The zero-order valence-corrected chi connectivity index (χ0v) is 9.10. The lowest BCUT2D eigenvalue weighted by atomic mass is 10.2. The quantitative estimate of drug-likeness (QED) is 0.337. The molecule has 4 heteroatoms. The van der Waals surface area contributed by atoms with Gasteiger partial charge in [0.1, 0.15) is 0 Å². The fraction of sp³-hybridized carbons (Fsp3) is 0.167. The van der Waals surface area contributed by atoms with E-state index >= 15 is 0 Å². The number of carbonyl (C=O) groups is 2. The first-order valence-corrected chi connectivity index (χ1v) is 4.67. The maximum absolute atomic E-state index is 11.4. The Morgan fingerprint density at radius 1 is 1.19 bits per heavy atom. The van der Waals surface area contributed by atoms with Crippen molar-refractivity contribution in [1.29, 1.82) is 0 Å². The largest absolute Gasteiger partial charge is 0.490 e. The van der Waals surface area contributed by atoms with Gasteiger partial charge >= 0.3 is 11.9 Å². The predicted molar refractivity (Wildman–Crippen MR) is 58.2 cm³/mol. The highest BCUT2D eigenvalue weighted by Gasteiger charge is 2.13. The molecule has 1 aromatic rings. The zero-order chi connectivity index (χ0) is 12.0. The molecule has 1 aromatic carbocycles. The molecular weight excluding hydrogens is 208 g/mol. The van der Waals surface area contributed by atoms with E-state index in [1.54, 1.807) is 12.1 Å². The van der Waals surface area contributed by atoms with Gasteiger partial charge < -0.3 is 9.47 Å². The van der Waals surface area contributed by atoms with Crippen LogP contribution in [0.25, 0.3) is 6.08 Å². The molecule has 0 spiro atoms. The standard InChI is InChI=1S/C12H12O4/c1-9(13)16-12(14)11(15-2)8-10-6-4-3-5-7-10/h3-8H,1-2H3. The van der Waals surface area contributed by atoms with E-state index in [1.807, 2.05) is 18.2 Å². The van der Waals surface area contributed by atoms with Crippen molar-refractivity contribution in [2.24, 2.45) is 0 Å². The smallest absolute Gasteiger partial charge is 0.381 e. The maximum Gasteiger partial charge on any atom is 0.381 e. The van der Waals surface area contributed by atoms with E-state index in [2.05, 4.69) is 4.74 Å². The molecule has 0 aliphatic carbocycles. The third-order valence-electron chi connectivity index (χ3n) is 1.75. The van der Waals surface area contributed by atoms with Gasteiger partial charge in [0, 0.05) is 6.92 Å². The molecule has 0 fully saturated rings. The monoisotopic (exact) mass is 220 g/mol. The van der Waals surface area contributed by atoms with E-state index < -0.39 is 11.9 Å². The Balaban J connectivity index is 2.86. The molecule has 84 valence electrons. The van der Waals surface area contributed by atoms with Crippen molar-refractivity contribution < 1.29 is 19.1 Å². The van der Waals surface area contributed by atoms with Crippen LogP contribution >= 0.6 is 0 Å². The summed E-state index contributed by atoms with van der Waals surface area (Å²) in [6.07, 6.45) is 1.51. The summed E-state index contributed by atoms with van der Waals surface area (Å²) in [7, 11) is 1.34. The van der Waals surface area contributed by atoms with Crippen LogP contribution in [0.3, 0.4) is 0 Å². The summed E-state index contributed by atoms with van der Waals surface area (Å²) in [5.74, 6) is -1.47. The number of esters is 2. The molecule has 0 N–H and O–H groups in total. The molecule has 4 nitrogen and oxygen atoms in total. The second-order valence-electron chi connectivity index (χ2n) is 3.00. The molecule has 0 atom stereocenters. The number of methoxy groups -OCH3 is 1. The van der Waals surface area contributed by atoms with Crippen LogP contribution in [0.2, 0.25) is 0 Å². The molecular formula is C12H12O4. The van der Waals surface area contributed by atoms with Gasteiger partial charge in [0.25, 0.3) is 0 Å². The normalized spacial score (nSPS) is 10.8. The predicted octanol–water partition coefficient (Wildman–Crippen LogP) is 1.76. The molecule has 0 bridgehead atoms. The van der Waals surface area contributed by atoms with Gasteiger partial charge in [0.15, 0.2) is 0 Å². The zero-order valence-electron chi connectivity index (χ0n) is 9.10. The van der Waals surface area contributed by atoms with Gasteiger partial charge in [0.05, 0.1) is 7.11 Å². The molecule has 0 saturated heterocycles. The Hall–Kier alpha value is -2.10. The topological polar surface area (TPSA) is 52.6 Å². The van der Waals surface area contributed by atoms with Crippen molar-refractivity contribution >= 4 is 18.0 Å². The molecule has 16 heavy (non-hydrogen) atoms. The molecule has 0 amide bonds. The molecule has 1 rings (SSSR count). The lowest BCUT2D eigenvalue weighted by molar-refractivity contribution is -0.157. The van der Waals surface area contributed by atoms with Crippen molar-refractivity contribution in [1.82, 2.24) is 0 Å². The number of hydrogen-bond acceptors (Lipinski definition) is 4. The van der Waals surface area contributed by atoms with Crippen LogP contribution in [0.15, 0.2) is 36.1 Å². The van der Waals surface area contributed by atoms with Crippen molar-refractivity contribution in [3.05, 3.63) is 41.7 Å². The minimum atomic E-state index is -0.793. The second-order valence-corrected chi connectivity index (χ2v) is 3.00. The van der Waals surface area contributed by atoms with Crippen LogP contribution in [-0.2, 0) is 19.1 Å². The molecule has 0 unspecified atom stereocenters. The minimum Gasteiger partial charge on any atom is -0.490 e. The van der Waals surface area contributed by atoms with E-state index in [0.717, 1.165) is 12.5 Å². The number of rotatable bonds is 3. The van der Waals surface area contributed by atoms with Crippen LogP contribution in [0.5, 0.6) is 0 Å².